The summed E-state index contributed by atoms with van der Waals surface area (Å²) in [6.45, 7) is 4.39. The molecule has 1 saturated carbocycles. The highest BCUT2D eigenvalue weighted by Gasteiger charge is 2.44. The van der Waals surface area contributed by atoms with Crippen molar-refractivity contribution in [3.8, 4) is 0 Å². The molecule has 0 radical (unpaired) electrons. The van der Waals surface area contributed by atoms with E-state index in [1.54, 1.807) is 7.11 Å². The Morgan fingerprint density at radius 3 is 2.05 bits per heavy atom. The summed E-state index contributed by atoms with van der Waals surface area (Å²) in [7, 11) is 1.58. The number of methoxy groups -OCH3 is 1. The topological polar surface area (TPSA) is 35.2 Å². The molecule has 2 rings (SSSR count). The highest BCUT2D eigenvalue weighted by Crippen LogP contribution is 2.47. The van der Waals surface area contributed by atoms with Crippen LogP contribution in [0.25, 0.3) is 0 Å². The number of nitrogens with two attached hydrogens (primary N) is 1. The van der Waals surface area contributed by atoms with E-state index in [1.807, 2.05) is 0 Å². The maximum absolute atomic E-state index is 13.9. The molecule has 0 bridgehead atoms. The number of benzene rings is 1. The quantitative estimate of drug-likeness (QED) is 0.911. The molecule has 1 aliphatic carbocycles. The zero-order valence-electron chi connectivity index (χ0n) is 12.4. The van der Waals surface area contributed by atoms with E-state index >= 15 is 0 Å². The van der Waals surface area contributed by atoms with Gasteiger partial charge in [0.25, 0.3) is 0 Å². The number of hydrogen-bond donors (Lipinski definition) is 1. The molecule has 4 heteroatoms. The van der Waals surface area contributed by atoms with Crippen molar-refractivity contribution in [1.82, 2.24) is 0 Å². The fourth-order valence-electron chi connectivity index (χ4n) is 3.06. The first-order valence-corrected chi connectivity index (χ1v) is 7.06. The lowest BCUT2D eigenvalue weighted by Crippen LogP contribution is -2.47. The first-order valence-electron chi connectivity index (χ1n) is 7.06. The lowest BCUT2D eigenvalue weighted by Gasteiger charge is -2.46. The summed E-state index contributed by atoms with van der Waals surface area (Å²) in [6, 6.07) is 3.05. The SMILES string of the molecule is COC1(C(N)c2c(F)cccc2F)CCC(C)(C)CC1. The highest BCUT2D eigenvalue weighted by atomic mass is 19.1. The van der Waals surface area contributed by atoms with Crippen LogP contribution in [-0.2, 0) is 4.74 Å². The number of hydrogen-bond acceptors (Lipinski definition) is 2. The van der Waals surface area contributed by atoms with Crippen LogP contribution in [0.3, 0.4) is 0 Å². The lowest BCUT2D eigenvalue weighted by atomic mass is 9.67. The molecule has 112 valence electrons. The Morgan fingerprint density at radius 2 is 1.60 bits per heavy atom. The molecule has 0 saturated heterocycles. The van der Waals surface area contributed by atoms with Gasteiger partial charge < -0.3 is 10.5 Å². The van der Waals surface area contributed by atoms with Crippen LogP contribution in [0.5, 0.6) is 0 Å². The average molecular weight is 283 g/mol. The molecular formula is C16H23F2NO. The summed E-state index contributed by atoms with van der Waals surface area (Å²) in [5, 5.41) is 0. The Bertz CT molecular complexity index is 457. The maximum atomic E-state index is 13.9. The molecular weight excluding hydrogens is 260 g/mol. The van der Waals surface area contributed by atoms with Crippen molar-refractivity contribution in [3.63, 3.8) is 0 Å². The fraction of sp³-hybridized carbons (Fsp3) is 0.625. The standard InChI is InChI=1S/C16H23F2NO/c1-15(2)7-9-16(20-3,10-8-15)14(19)13-11(17)5-4-6-12(13)18/h4-6,14H,7-10,19H2,1-3H3. The van der Waals surface area contributed by atoms with E-state index in [-0.39, 0.29) is 11.0 Å². The second kappa shape index (κ2) is 5.41. The molecule has 20 heavy (non-hydrogen) atoms. The zero-order chi connectivity index (χ0) is 15.0. The summed E-state index contributed by atoms with van der Waals surface area (Å²) < 4.78 is 33.5. The van der Waals surface area contributed by atoms with Gasteiger partial charge in [0.1, 0.15) is 11.6 Å². The largest absolute Gasteiger partial charge is 0.376 e. The van der Waals surface area contributed by atoms with Gasteiger partial charge in [-0.05, 0) is 43.2 Å². The molecule has 1 aromatic rings. The van der Waals surface area contributed by atoms with Gasteiger partial charge in [-0.15, -0.1) is 0 Å². The second-order valence-electron chi connectivity index (χ2n) is 6.55. The van der Waals surface area contributed by atoms with Gasteiger partial charge in [0.15, 0.2) is 0 Å². The average Bonchev–Trinajstić information content (AvgIpc) is 2.39. The van der Waals surface area contributed by atoms with E-state index in [4.69, 9.17) is 10.5 Å². The van der Waals surface area contributed by atoms with Crippen LogP contribution < -0.4 is 5.73 Å². The van der Waals surface area contributed by atoms with Gasteiger partial charge in [-0.1, -0.05) is 19.9 Å². The molecule has 0 heterocycles. The Balaban J connectivity index is 2.33. The van der Waals surface area contributed by atoms with E-state index in [0.717, 1.165) is 12.8 Å². The third-order valence-electron chi connectivity index (χ3n) is 4.73. The molecule has 1 aromatic carbocycles. The van der Waals surface area contributed by atoms with Crippen molar-refractivity contribution in [2.24, 2.45) is 11.1 Å². The van der Waals surface area contributed by atoms with Gasteiger partial charge in [0.05, 0.1) is 11.6 Å². The first kappa shape index (κ1) is 15.4. The molecule has 1 unspecified atom stereocenters. The van der Waals surface area contributed by atoms with E-state index in [9.17, 15) is 8.78 Å². The lowest BCUT2D eigenvalue weighted by molar-refractivity contribution is -0.0806. The van der Waals surface area contributed by atoms with Gasteiger partial charge in [0.2, 0.25) is 0 Å². The second-order valence-corrected chi connectivity index (χ2v) is 6.55. The molecule has 0 aliphatic heterocycles. The predicted molar refractivity (Wildman–Crippen MR) is 75.3 cm³/mol. The van der Waals surface area contributed by atoms with E-state index in [1.165, 1.54) is 18.2 Å². The van der Waals surface area contributed by atoms with Crippen LogP contribution in [0.2, 0.25) is 0 Å². The van der Waals surface area contributed by atoms with E-state index < -0.39 is 23.3 Å². The molecule has 2 N–H and O–H groups in total. The Hall–Kier alpha value is -1.00. The highest BCUT2D eigenvalue weighted by molar-refractivity contribution is 5.26. The number of halogens is 2. The van der Waals surface area contributed by atoms with Crippen LogP contribution in [0.15, 0.2) is 18.2 Å². The van der Waals surface area contributed by atoms with Crippen LogP contribution in [-0.4, -0.2) is 12.7 Å². The van der Waals surface area contributed by atoms with Crippen LogP contribution in [0, 0.1) is 17.0 Å². The third kappa shape index (κ3) is 2.72. The molecule has 2 nitrogen and oxygen atoms in total. The maximum Gasteiger partial charge on any atom is 0.131 e. The number of ether oxygens (including phenoxy) is 1. The van der Waals surface area contributed by atoms with Crippen molar-refractivity contribution >= 4 is 0 Å². The van der Waals surface area contributed by atoms with Crippen LogP contribution in [0.4, 0.5) is 8.78 Å². The van der Waals surface area contributed by atoms with Crippen molar-refractivity contribution in [1.29, 1.82) is 0 Å². The summed E-state index contributed by atoms with van der Waals surface area (Å²) in [4.78, 5) is 0. The van der Waals surface area contributed by atoms with Crippen molar-refractivity contribution < 1.29 is 13.5 Å². The molecule has 0 aromatic heterocycles. The molecule has 1 aliphatic rings. The van der Waals surface area contributed by atoms with Gasteiger partial charge in [-0.25, -0.2) is 8.78 Å². The third-order valence-corrected chi connectivity index (χ3v) is 4.73. The summed E-state index contributed by atoms with van der Waals surface area (Å²) in [5.74, 6) is -1.20. The van der Waals surface area contributed by atoms with Gasteiger partial charge in [-0.3, -0.25) is 0 Å². The Kier molecular flexibility index (Phi) is 4.17. The predicted octanol–water partition coefficient (Wildman–Crippen LogP) is 3.95. The van der Waals surface area contributed by atoms with Gasteiger partial charge in [0, 0.05) is 12.7 Å². The number of rotatable bonds is 3. The van der Waals surface area contributed by atoms with Crippen molar-refractivity contribution in [2.45, 2.75) is 51.2 Å². The smallest absolute Gasteiger partial charge is 0.131 e. The first-order chi connectivity index (χ1) is 9.31. The molecule has 0 amide bonds. The molecule has 0 spiro atoms. The molecule has 1 fully saturated rings. The molecule has 1 atom stereocenters. The normalized spacial score (nSPS) is 22.5. The zero-order valence-corrected chi connectivity index (χ0v) is 12.4. The van der Waals surface area contributed by atoms with Crippen molar-refractivity contribution in [3.05, 3.63) is 35.4 Å². The van der Waals surface area contributed by atoms with Crippen LogP contribution in [0.1, 0.15) is 51.1 Å². The Labute approximate surface area is 119 Å². The van der Waals surface area contributed by atoms with E-state index in [0.29, 0.717) is 12.8 Å². The fourth-order valence-corrected chi connectivity index (χ4v) is 3.06. The van der Waals surface area contributed by atoms with Gasteiger partial charge >= 0.3 is 0 Å². The van der Waals surface area contributed by atoms with E-state index in [2.05, 4.69) is 13.8 Å². The summed E-state index contributed by atoms with van der Waals surface area (Å²) in [5.41, 5.74) is 5.69. The van der Waals surface area contributed by atoms with Gasteiger partial charge in [-0.2, -0.15) is 0 Å². The summed E-state index contributed by atoms with van der Waals surface area (Å²) in [6.07, 6.45) is 3.30. The minimum atomic E-state index is -0.787. The minimum absolute atomic E-state index is 0.0611. The van der Waals surface area contributed by atoms with Crippen LogP contribution >= 0.6 is 0 Å². The van der Waals surface area contributed by atoms with Crippen molar-refractivity contribution in [2.75, 3.05) is 7.11 Å². The Morgan fingerprint density at radius 1 is 1.10 bits per heavy atom. The minimum Gasteiger partial charge on any atom is -0.376 e. The summed E-state index contributed by atoms with van der Waals surface area (Å²) >= 11 is 0. The monoisotopic (exact) mass is 283 g/mol.